The molecule has 4 aromatic rings. The Morgan fingerprint density at radius 1 is 1.06 bits per heavy atom. The number of amides is 2. The fourth-order valence-corrected chi connectivity index (χ4v) is 3.81. The highest BCUT2D eigenvalue weighted by atomic mass is 16.5. The fraction of sp³-hybridized carbons (Fsp3) is 0.160. The van der Waals surface area contributed by atoms with Crippen molar-refractivity contribution in [1.29, 1.82) is 0 Å². The van der Waals surface area contributed by atoms with E-state index in [-0.39, 0.29) is 18.2 Å². The van der Waals surface area contributed by atoms with Gasteiger partial charge in [-0.05, 0) is 49.4 Å². The summed E-state index contributed by atoms with van der Waals surface area (Å²) in [7, 11) is 0. The van der Waals surface area contributed by atoms with E-state index in [0.717, 1.165) is 5.69 Å². The number of rotatable bonds is 6. The molecule has 1 N–H and O–H groups in total. The third kappa shape index (κ3) is 4.63. The van der Waals surface area contributed by atoms with Crippen LogP contribution in [0.3, 0.4) is 0 Å². The molecule has 1 unspecified atom stereocenters. The zero-order valence-electron chi connectivity index (χ0n) is 18.5. The molecule has 3 heterocycles. The van der Waals surface area contributed by atoms with Crippen molar-refractivity contribution in [2.24, 2.45) is 5.92 Å². The maximum atomic E-state index is 12.8. The molecule has 0 spiro atoms. The highest BCUT2D eigenvalue weighted by Gasteiger charge is 2.35. The minimum Gasteiger partial charge on any atom is -0.439 e. The van der Waals surface area contributed by atoms with Gasteiger partial charge >= 0.3 is 0 Å². The minimum absolute atomic E-state index is 0.0512. The van der Waals surface area contributed by atoms with Crippen LogP contribution >= 0.6 is 0 Å². The number of carbonyl (C=O) groups is 2. The van der Waals surface area contributed by atoms with Crippen molar-refractivity contribution in [3.8, 4) is 17.4 Å². The molecule has 0 aliphatic carbocycles. The maximum absolute atomic E-state index is 12.8. The zero-order valence-corrected chi connectivity index (χ0v) is 18.5. The molecule has 0 bridgehead atoms. The Hall–Kier alpha value is -4.53. The molecule has 1 fully saturated rings. The number of benzene rings is 2. The van der Waals surface area contributed by atoms with Crippen LogP contribution in [-0.2, 0) is 9.59 Å². The standard InChI is InChI=1S/C25H22N6O3/c1-17-27-22(31-13-5-12-26-31)15-23(28-17)34-21-10-8-19(9-11-21)29-25(33)18-14-24(32)30(16-18)20-6-3-2-4-7-20/h2-13,15,18H,14,16H2,1H3,(H,29,33). The molecular formula is C25H22N6O3. The molecule has 0 saturated carbocycles. The van der Waals surface area contributed by atoms with Crippen LogP contribution in [0.2, 0.25) is 0 Å². The first-order valence-electron chi connectivity index (χ1n) is 10.8. The summed E-state index contributed by atoms with van der Waals surface area (Å²) in [5, 5.41) is 7.07. The lowest BCUT2D eigenvalue weighted by Crippen LogP contribution is -2.28. The second-order valence-corrected chi connectivity index (χ2v) is 7.92. The lowest BCUT2D eigenvalue weighted by molar-refractivity contribution is -0.122. The Labute approximate surface area is 196 Å². The molecule has 5 rings (SSSR count). The van der Waals surface area contributed by atoms with Crippen LogP contribution in [0.1, 0.15) is 12.2 Å². The second-order valence-electron chi connectivity index (χ2n) is 7.92. The topological polar surface area (TPSA) is 102 Å². The van der Waals surface area contributed by atoms with Gasteiger partial charge in [-0.1, -0.05) is 18.2 Å². The molecule has 1 aliphatic heterocycles. The fourth-order valence-electron chi connectivity index (χ4n) is 3.81. The van der Waals surface area contributed by atoms with Crippen molar-refractivity contribution < 1.29 is 14.3 Å². The molecule has 1 saturated heterocycles. The van der Waals surface area contributed by atoms with Crippen LogP contribution in [0.5, 0.6) is 11.6 Å². The number of para-hydroxylation sites is 1. The number of aryl methyl sites for hydroxylation is 1. The van der Waals surface area contributed by atoms with Crippen molar-refractivity contribution in [2.75, 3.05) is 16.8 Å². The van der Waals surface area contributed by atoms with Crippen LogP contribution in [0, 0.1) is 12.8 Å². The minimum atomic E-state index is -0.409. The van der Waals surface area contributed by atoms with Gasteiger partial charge in [-0.25, -0.2) is 9.67 Å². The average Bonchev–Trinajstić information content (AvgIpc) is 3.51. The monoisotopic (exact) mass is 454 g/mol. The van der Waals surface area contributed by atoms with E-state index in [9.17, 15) is 9.59 Å². The van der Waals surface area contributed by atoms with Gasteiger partial charge in [-0.2, -0.15) is 10.1 Å². The van der Waals surface area contributed by atoms with Crippen LogP contribution in [0.25, 0.3) is 5.82 Å². The number of aromatic nitrogens is 4. The van der Waals surface area contributed by atoms with Gasteiger partial charge < -0.3 is 15.0 Å². The van der Waals surface area contributed by atoms with Crippen molar-refractivity contribution in [3.05, 3.63) is 84.9 Å². The third-order valence-electron chi connectivity index (χ3n) is 5.45. The lowest BCUT2D eigenvalue weighted by atomic mass is 10.1. The molecule has 1 aliphatic rings. The van der Waals surface area contributed by atoms with Crippen LogP contribution < -0.4 is 15.0 Å². The van der Waals surface area contributed by atoms with Gasteiger partial charge in [0.05, 0.1) is 5.92 Å². The largest absolute Gasteiger partial charge is 0.439 e. The molecule has 1 atom stereocenters. The summed E-state index contributed by atoms with van der Waals surface area (Å²) in [5.74, 6) is 1.47. The molecule has 170 valence electrons. The third-order valence-corrected chi connectivity index (χ3v) is 5.45. The van der Waals surface area contributed by atoms with Crippen LogP contribution in [-0.4, -0.2) is 38.1 Å². The molecule has 2 amide bonds. The first kappa shape index (κ1) is 21.3. The number of hydrogen-bond donors (Lipinski definition) is 1. The molecule has 2 aromatic heterocycles. The van der Waals surface area contributed by atoms with Crippen molar-refractivity contribution in [3.63, 3.8) is 0 Å². The van der Waals surface area contributed by atoms with Gasteiger partial charge in [0.2, 0.25) is 17.7 Å². The highest BCUT2D eigenvalue weighted by molar-refractivity contribution is 6.03. The van der Waals surface area contributed by atoms with E-state index in [2.05, 4.69) is 20.4 Å². The van der Waals surface area contributed by atoms with E-state index in [0.29, 0.717) is 35.5 Å². The maximum Gasteiger partial charge on any atom is 0.229 e. The Kier molecular flexibility index (Phi) is 5.73. The van der Waals surface area contributed by atoms with Gasteiger partial charge in [0.1, 0.15) is 11.6 Å². The van der Waals surface area contributed by atoms with Gasteiger partial charge in [0.15, 0.2) is 5.82 Å². The predicted octanol–water partition coefficient (Wildman–Crippen LogP) is 3.75. The Balaban J connectivity index is 1.22. The number of hydrogen-bond acceptors (Lipinski definition) is 6. The molecule has 0 radical (unpaired) electrons. The quantitative estimate of drug-likeness (QED) is 0.476. The number of nitrogens with one attached hydrogen (secondary N) is 1. The van der Waals surface area contributed by atoms with Gasteiger partial charge in [-0.3, -0.25) is 9.59 Å². The molecule has 2 aromatic carbocycles. The van der Waals surface area contributed by atoms with Gasteiger partial charge in [-0.15, -0.1) is 0 Å². The summed E-state index contributed by atoms with van der Waals surface area (Å²) >= 11 is 0. The lowest BCUT2D eigenvalue weighted by Gasteiger charge is -2.16. The van der Waals surface area contributed by atoms with E-state index in [1.807, 2.05) is 36.4 Å². The number of carbonyl (C=O) groups excluding carboxylic acids is 2. The molecule has 9 nitrogen and oxygen atoms in total. The average molecular weight is 454 g/mol. The SMILES string of the molecule is Cc1nc(Oc2ccc(NC(=O)C3CC(=O)N(c4ccccc4)C3)cc2)cc(-n2cccn2)n1. The summed E-state index contributed by atoms with van der Waals surface area (Å²) in [6, 6.07) is 19.9. The molecule has 34 heavy (non-hydrogen) atoms. The van der Waals surface area contributed by atoms with Gasteiger partial charge in [0.25, 0.3) is 0 Å². The van der Waals surface area contributed by atoms with Crippen molar-refractivity contribution in [2.45, 2.75) is 13.3 Å². The second kappa shape index (κ2) is 9.14. The molecular weight excluding hydrogens is 432 g/mol. The van der Waals surface area contributed by atoms with Crippen molar-refractivity contribution in [1.82, 2.24) is 19.7 Å². The number of anilines is 2. The Morgan fingerprint density at radius 2 is 1.85 bits per heavy atom. The van der Waals surface area contributed by atoms with Crippen molar-refractivity contribution >= 4 is 23.2 Å². The predicted molar refractivity (Wildman–Crippen MR) is 126 cm³/mol. The molecule has 9 heteroatoms. The summed E-state index contributed by atoms with van der Waals surface area (Å²) in [4.78, 5) is 35.5. The Bertz CT molecular complexity index is 1310. The van der Waals surface area contributed by atoms with Crippen LogP contribution in [0.4, 0.5) is 11.4 Å². The summed E-state index contributed by atoms with van der Waals surface area (Å²) in [6.07, 6.45) is 3.65. The summed E-state index contributed by atoms with van der Waals surface area (Å²) < 4.78 is 7.51. The number of ether oxygens (including phenoxy) is 1. The van der Waals surface area contributed by atoms with E-state index in [4.69, 9.17) is 4.74 Å². The summed E-state index contributed by atoms with van der Waals surface area (Å²) in [5.41, 5.74) is 1.43. The van der Waals surface area contributed by atoms with E-state index in [1.165, 1.54) is 0 Å². The van der Waals surface area contributed by atoms with Gasteiger partial charge in [0, 0.05) is 42.8 Å². The van der Waals surface area contributed by atoms with Crippen LogP contribution in [0.15, 0.2) is 79.1 Å². The highest BCUT2D eigenvalue weighted by Crippen LogP contribution is 2.27. The van der Waals surface area contributed by atoms with E-state index in [1.54, 1.807) is 59.2 Å². The van der Waals surface area contributed by atoms with E-state index >= 15 is 0 Å². The first-order valence-corrected chi connectivity index (χ1v) is 10.8. The smallest absolute Gasteiger partial charge is 0.229 e. The van der Waals surface area contributed by atoms with E-state index < -0.39 is 5.92 Å². The summed E-state index contributed by atoms with van der Waals surface area (Å²) in [6.45, 7) is 2.15. The zero-order chi connectivity index (χ0) is 23.5. The Morgan fingerprint density at radius 3 is 2.59 bits per heavy atom. The first-order chi connectivity index (χ1) is 16.5. The number of nitrogens with zero attached hydrogens (tertiary/aromatic N) is 5. The normalized spacial score (nSPS) is 15.4.